The molecule has 8 N–H and O–H groups in total. The van der Waals surface area contributed by atoms with E-state index in [4.69, 9.17) is 0 Å². The second-order valence-corrected chi connectivity index (χ2v) is 15.2. The zero-order valence-corrected chi connectivity index (χ0v) is 35.6. The van der Waals surface area contributed by atoms with Crippen LogP contribution in [0.3, 0.4) is 0 Å². The first-order valence-electron chi connectivity index (χ1n) is 20.7. The first kappa shape index (κ1) is 44.8. The number of para-hydroxylation sites is 2. The molecular weight excluding hydrogens is 881 g/mol. The summed E-state index contributed by atoms with van der Waals surface area (Å²) in [6, 6.07) is 26.8. The molecule has 4 aromatic heterocycles. The Hall–Kier alpha value is -9.83. The zero-order valence-electron chi connectivity index (χ0n) is 35.6. The average molecular weight is 917 g/mol. The molecule has 8 aromatic rings. The van der Waals surface area contributed by atoms with Crippen molar-refractivity contribution in [2.75, 3.05) is 27.9 Å². The maximum absolute atomic E-state index is 13.1. The molecule has 0 saturated heterocycles. The summed E-state index contributed by atoms with van der Waals surface area (Å²) in [5, 5.41) is 38.2. The molecule has 0 unspecified atom stereocenters. The van der Waals surface area contributed by atoms with Crippen LogP contribution in [0.2, 0.25) is 0 Å². The Morgan fingerprint density at radius 1 is 0.647 bits per heavy atom. The van der Waals surface area contributed by atoms with Crippen molar-refractivity contribution < 1.29 is 37.8 Å². The van der Waals surface area contributed by atoms with E-state index in [-0.39, 0.29) is 51.7 Å². The number of fused-ring (bicyclic) bond motifs is 2. The van der Waals surface area contributed by atoms with Crippen LogP contribution in [0.25, 0.3) is 44.6 Å². The smallest absolute Gasteiger partial charge is 0.439 e. The molecule has 1 aliphatic carbocycles. The number of amides is 4. The number of ether oxygens (including phenoxy) is 1. The summed E-state index contributed by atoms with van der Waals surface area (Å²) < 4.78 is 13.8. The Balaban J connectivity index is 0.000000184. The van der Waals surface area contributed by atoms with Crippen LogP contribution in [0, 0.1) is 28.6 Å². The number of carbonyl (C=O) groups is 5. The van der Waals surface area contributed by atoms with E-state index in [1.54, 1.807) is 48.5 Å². The van der Waals surface area contributed by atoms with Gasteiger partial charge >= 0.3 is 17.5 Å². The van der Waals surface area contributed by atoms with E-state index in [1.807, 2.05) is 24.3 Å². The van der Waals surface area contributed by atoms with Gasteiger partial charge in [-0.3, -0.25) is 43.0 Å². The highest BCUT2D eigenvalue weighted by atomic mass is 16.5. The number of aromatic nitrogens is 6. The second-order valence-electron chi connectivity index (χ2n) is 15.2. The van der Waals surface area contributed by atoms with Crippen molar-refractivity contribution in [3.8, 4) is 34.9 Å². The molecular formula is C46H36N12O10. The molecule has 4 heterocycles. The number of anilines is 4. The number of hydrogen-bond acceptors (Lipinski definition) is 14. The molecule has 1 saturated carbocycles. The topological polar surface area (TPSA) is 340 Å². The molecule has 4 amide bonds. The lowest BCUT2D eigenvalue weighted by Gasteiger charge is -2.11. The predicted octanol–water partition coefficient (Wildman–Crippen LogP) is 5.90. The second kappa shape index (κ2) is 19.5. The quantitative estimate of drug-likeness (QED) is 0.0701. The van der Waals surface area contributed by atoms with Crippen LogP contribution < -0.4 is 32.8 Å². The fraction of sp³-hybridized carbons (Fsp3) is 0.152. The van der Waals surface area contributed by atoms with Gasteiger partial charge in [0.05, 0.1) is 57.0 Å². The standard InChI is InChI=1S/C24H20N6O4.C22H16N6O6/c25-12-13-8-9-17(16(10-13)21-29-24(33)34-30-21)27-23(32)19-11-15-6-3-7-18(20(15)26-19)28-22(31)14-4-1-2-5-14;1-11(29)33-10-18(30)24-16-4-2-3-13-8-17(25-19(13)16)21(31)26-15-6-5-12(9-23)7-14(15)20-27-22(32)34-28-20/h3,6-11,14,26H,1-2,4-5H2,(H,27,32)(H,28,31)(H,29,30,33);2-8,25H,10H2,1H3,(H,24,30)(H,26,31)(H,27,28,32). The van der Waals surface area contributed by atoms with Crippen LogP contribution in [0.4, 0.5) is 22.7 Å². The van der Waals surface area contributed by atoms with Gasteiger partial charge in [0.1, 0.15) is 11.4 Å². The molecule has 0 atom stereocenters. The number of aromatic amines is 4. The van der Waals surface area contributed by atoms with Gasteiger partial charge in [-0.15, -0.1) is 0 Å². The lowest BCUT2D eigenvalue weighted by atomic mass is 10.1. The number of benzene rings is 4. The van der Waals surface area contributed by atoms with Gasteiger partial charge in [-0.1, -0.05) is 47.4 Å². The third-order valence-corrected chi connectivity index (χ3v) is 10.7. The fourth-order valence-corrected chi connectivity index (χ4v) is 7.45. The number of nitrogens with one attached hydrogen (secondary N) is 8. The van der Waals surface area contributed by atoms with Crippen molar-refractivity contribution in [3.63, 3.8) is 0 Å². The minimum Gasteiger partial charge on any atom is -0.456 e. The Bertz CT molecular complexity index is 3480. The normalized spacial score (nSPS) is 12.0. The molecule has 68 heavy (non-hydrogen) atoms. The molecule has 4 aromatic carbocycles. The van der Waals surface area contributed by atoms with E-state index in [9.17, 15) is 44.1 Å². The number of nitrogens with zero attached hydrogens (tertiary/aromatic N) is 4. The van der Waals surface area contributed by atoms with Crippen LogP contribution >= 0.6 is 0 Å². The molecule has 1 aliphatic rings. The number of nitriles is 2. The Labute approximate surface area is 381 Å². The van der Waals surface area contributed by atoms with E-state index in [0.717, 1.165) is 31.1 Å². The van der Waals surface area contributed by atoms with Gasteiger partial charge in [-0.25, -0.2) is 9.59 Å². The van der Waals surface area contributed by atoms with Crippen molar-refractivity contribution >= 4 is 74.2 Å². The summed E-state index contributed by atoms with van der Waals surface area (Å²) in [7, 11) is 0. The molecule has 340 valence electrons. The monoisotopic (exact) mass is 916 g/mol. The number of carbonyl (C=O) groups excluding carboxylic acids is 5. The summed E-state index contributed by atoms with van der Waals surface area (Å²) in [6.45, 7) is 0.759. The minimum atomic E-state index is -0.784. The lowest BCUT2D eigenvalue weighted by Crippen LogP contribution is -2.20. The van der Waals surface area contributed by atoms with Crippen molar-refractivity contribution in [1.29, 1.82) is 10.5 Å². The van der Waals surface area contributed by atoms with E-state index >= 15 is 0 Å². The third-order valence-electron chi connectivity index (χ3n) is 10.7. The predicted molar refractivity (Wildman–Crippen MR) is 243 cm³/mol. The van der Waals surface area contributed by atoms with Gasteiger partial charge in [0.15, 0.2) is 18.3 Å². The molecule has 0 spiro atoms. The maximum atomic E-state index is 13.1. The van der Waals surface area contributed by atoms with Gasteiger partial charge in [0.25, 0.3) is 17.7 Å². The highest BCUT2D eigenvalue weighted by Gasteiger charge is 2.24. The maximum Gasteiger partial charge on any atom is 0.439 e. The van der Waals surface area contributed by atoms with Gasteiger partial charge in [0, 0.05) is 34.7 Å². The van der Waals surface area contributed by atoms with E-state index in [2.05, 4.69) is 65.3 Å². The van der Waals surface area contributed by atoms with Crippen LogP contribution in [0.5, 0.6) is 0 Å². The number of esters is 1. The van der Waals surface area contributed by atoms with Crippen molar-refractivity contribution in [1.82, 2.24) is 30.2 Å². The highest BCUT2D eigenvalue weighted by Crippen LogP contribution is 2.31. The van der Waals surface area contributed by atoms with Crippen LogP contribution in [-0.2, 0) is 19.1 Å². The molecule has 22 nitrogen and oxygen atoms in total. The van der Waals surface area contributed by atoms with Gasteiger partial charge < -0.3 is 36.0 Å². The molecule has 1 fully saturated rings. The lowest BCUT2D eigenvalue weighted by molar-refractivity contribution is -0.144. The summed E-state index contributed by atoms with van der Waals surface area (Å²) >= 11 is 0. The molecule has 0 aliphatic heterocycles. The minimum absolute atomic E-state index is 0.00516. The molecule has 0 radical (unpaired) electrons. The van der Waals surface area contributed by atoms with Crippen molar-refractivity contribution in [2.24, 2.45) is 5.92 Å². The summed E-state index contributed by atoms with van der Waals surface area (Å²) in [5.41, 5.74) is 4.46. The van der Waals surface area contributed by atoms with Gasteiger partial charge in [0.2, 0.25) is 5.91 Å². The van der Waals surface area contributed by atoms with Crippen molar-refractivity contribution in [3.05, 3.63) is 129 Å². The summed E-state index contributed by atoms with van der Waals surface area (Å²) in [5.74, 6) is -3.47. The van der Waals surface area contributed by atoms with Crippen molar-refractivity contribution in [2.45, 2.75) is 32.6 Å². The summed E-state index contributed by atoms with van der Waals surface area (Å²) in [4.78, 5) is 95.2. The highest BCUT2D eigenvalue weighted by molar-refractivity contribution is 6.11. The largest absolute Gasteiger partial charge is 0.456 e. The average Bonchev–Trinajstić information content (AvgIpc) is 4.20. The zero-order chi connectivity index (χ0) is 47.9. The number of H-pyrrole nitrogens is 4. The first-order valence-corrected chi connectivity index (χ1v) is 20.7. The first-order chi connectivity index (χ1) is 32.8. The van der Waals surface area contributed by atoms with Gasteiger partial charge in [-0.2, -0.15) is 10.5 Å². The number of hydrogen-bond donors (Lipinski definition) is 8. The number of rotatable bonds is 11. The van der Waals surface area contributed by atoms with E-state index in [1.165, 1.54) is 31.2 Å². The molecule has 22 heteroatoms. The van der Waals surface area contributed by atoms with Crippen LogP contribution in [-0.4, -0.2) is 66.5 Å². The molecule has 0 bridgehead atoms. The van der Waals surface area contributed by atoms with Crippen LogP contribution in [0.1, 0.15) is 64.7 Å². The van der Waals surface area contributed by atoms with E-state index in [0.29, 0.717) is 44.6 Å². The van der Waals surface area contributed by atoms with Gasteiger partial charge in [-0.05, 0) is 73.5 Å². The third kappa shape index (κ3) is 10.1. The Kier molecular flexibility index (Phi) is 12.8. The summed E-state index contributed by atoms with van der Waals surface area (Å²) in [6.07, 6.45) is 3.91. The fourth-order valence-electron chi connectivity index (χ4n) is 7.45. The SMILES string of the molecule is CC(=O)OCC(=O)Nc1cccc2cc(C(=O)Nc3ccc(C#N)cc3-c3noc(=O)[nH]3)[nH]c12.N#Cc1ccc(NC(=O)c2cc3cccc(NC(=O)C4CCCC4)c3[nH]2)c(-c2noc(=O)[nH]2)c1. The Morgan fingerprint density at radius 3 is 1.57 bits per heavy atom. The van der Waals surface area contributed by atoms with Crippen LogP contribution in [0.15, 0.2) is 104 Å². The Morgan fingerprint density at radius 2 is 1.13 bits per heavy atom. The molecule has 9 rings (SSSR count). The van der Waals surface area contributed by atoms with E-state index < -0.39 is 41.8 Å².